The molecule has 2 aromatic rings. The minimum atomic E-state index is -0.0969. The average molecular weight is 410 g/mol. The molecule has 3 rings (SSSR count). The van der Waals surface area contributed by atoms with Gasteiger partial charge in [0.25, 0.3) is 5.91 Å². The third-order valence-corrected chi connectivity index (χ3v) is 4.96. The predicted octanol–water partition coefficient (Wildman–Crippen LogP) is 3.00. The summed E-state index contributed by atoms with van der Waals surface area (Å²) in [6.45, 7) is 3.15. The summed E-state index contributed by atoms with van der Waals surface area (Å²) < 4.78 is 5.27. The van der Waals surface area contributed by atoms with E-state index in [0.29, 0.717) is 54.9 Å². The standard InChI is InChI=1S/C19H21Cl2N3O3/c1-22(12-17-3-2-8-27-17)18(25)13-23-4-6-24(7-5-23)19(26)14-9-15(20)11-16(21)10-14/h2-3,8-11H,4-7,12-13H2,1H3. The van der Waals surface area contributed by atoms with Crippen LogP contribution in [0.25, 0.3) is 0 Å². The average Bonchev–Trinajstić information content (AvgIpc) is 3.14. The van der Waals surface area contributed by atoms with Crippen LogP contribution in [0.1, 0.15) is 16.1 Å². The number of benzene rings is 1. The van der Waals surface area contributed by atoms with E-state index < -0.39 is 0 Å². The number of carbonyl (C=O) groups excluding carboxylic acids is 2. The first-order valence-corrected chi connectivity index (χ1v) is 9.42. The second-order valence-corrected chi connectivity index (χ2v) is 7.43. The summed E-state index contributed by atoms with van der Waals surface area (Å²) in [5.41, 5.74) is 0.482. The SMILES string of the molecule is CN(Cc1ccco1)C(=O)CN1CCN(C(=O)c2cc(Cl)cc(Cl)c2)CC1. The Morgan fingerprint density at radius 1 is 1.11 bits per heavy atom. The molecular formula is C19H21Cl2N3O3. The molecule has 1 aliphatic heterocycles. The highest BCUT2D eigenvalue weighted by Gasteiger charge is 2.24. The van der Waals surface area contributed by atoms with Gasteiger partial charge >= 0.3 is 0 Å². The smallest absolute Gasteiger partial charge is 0.254 e. The van der Waals surface area contributed by atoms with Crippen LogP contribution in [0.3, 0.4) is 0 Å². The number of piperazine rings is 1. The van der Waals surface area contributed by atoms with Crippen LogP contribution >= 0.6 is 23.2 Å². The molecule has 1 fully saturated rings. The number of carbonyl (C=O) groups is 2. The molecule has 0 aliphatic carbocycles. The first kappa shape index (κ1) is 19.7. The molecule has 2 heterocycles. The Bertz CT molecular complexity index is 782. The summed E-state index contributed by atoms with van der Waals surface area (Å²) in [7, 11) is 1.76. The third kappa shape index (κ3) is 5.25. The molecule has 0 unspecified atom stereocenters. The van der Waals surface area contributed by atoms with Crippen LogP contribution < -0.4 is 0 Å². The molecule has 6 nitrogen and oxygen atoms in total. The zero-order valence-corrected chi connectivity index (χ0v) is 16.5. The van der Waals surface area contributed by atoms with Crippen molar-refractivity contribution in [2.75, 3.05) is 39.8 Å². The molecule has 0 atom stereocenters. The highest BCUT2D eigenvalue weighted by atomic mass is 35.5. The van der Waals surface area contributed by atoms with Gasteiger partial charge in [0.2, 0.25) is 5.91 Å². The van der Waals surface area contributed by atoms with Gasteiger partial charge in [0.15, 0.2) is 0 Å². The summed E-state index contributed by atoms with van der Waals surface area (Å²) in [5.74, 6) is 0.676. The van der Waals surface area contributed by atoms with E-state index in [1.54, 1.807) is 47.4 Å². The molecule has 0 radical (unpaired) electrons. The monoisotopic (exact) mass is 409 g/mol. The van der Waals surface area contributed by atoms with Crippen molar-refractivity contribution in [3.8, 4) is 0 Å². The Morgan fingerprint density at radius 2 is 1.78 bits per heavy atom. The predicted molar refractivity (Wildman–Crippen MR) is 104 cm³/mol. The Labute approximate surface area is 168 Å². The van der Waals surface area contributed by atoms with Crippen LogP contribution in [0.2, 0.25) is 10.0 Å². The fourth-order valence-corrected chi connectivity index (χ4v) is 3.53. The number of amides is 2. The second-order valence-electron chi connectivity index (χ2n) is 6.56. The highest BCUT2D eigenvalue weighted by Crippen LogP contribution is 2.20. The van der Waals surface area contributed by atoms with Gasteiger partial charge in [-0.3, -0.25) is 14.5 Å². The molecule has 1 aromatic heterocycles. The molecule has 2 amide bonds. The van der Waals surface area contributed by atoms with Crippen LogP contribution in [0.5, 0.6) is 0 Å². The largest absolute Gasteiger partial charge is 0.467 e. The van der Waals surface area contributed by atoms with Gasteiger partial charge < -0.3 is 14.2 Å². The number of hydrogen-bond donors (Lipinski definition) is 0. The van der Waals surface area contributed by atoms with Crippen molar-refractivity contribution in [3.05, 3.63) is 58.0 Å². The van der Waals surface area contributed by atoms with E-state index in [-0.39, 0.29) is 11.8 Å². The first-order chi connectivity index (χ1) is 12.9. The maximum atomic E-state index is 12.6. The minimum absolute atomic E-state index is 0.0211. The van der Waals surface area contributed by atoms with Crippen molar-refractivity contribution in [2.45, 2.75) is 6.54 Å². The zero-order chi connectivity index (χ0) is 19.4. The fraction of sp³-hybridized carbons (Fsp3) is 0.368. The second kappa shape index (κ2) is 8.78. The van der Waals surface area contributed by atoms with E-state index in [4.69, 9.17) is 27.6 Å². The van der Waals surface area contributed by atoms with Crippen molar-refractivity contribution in [1.29, 1.82) is 0 Å². The van der Waals surface area contributed by atoms with Crippen molar-refractivity contribution < 1.29 is 14.0 Å². The summed E-state index contributed by atoms with van der Waals surface area (Å²) in [4.78, 5) is 30.5. The fourth-order valence-electron chi connectivity index (χ4n) is 3.01. The lowest BCUT2D eigenvalue weighted by Crippen LogP contribution is -2.51. The number of nitrogens with zero attached hydrogens (tertiary/aromatic N) is 3. The summed E-state index contributed by atoms with van der Waals surface area (Å²) in [5, 5.41) is 0.879. The van der Waals surface area contributed by atoms with Crippen molar-refractivity contribution in [3.63, 3.8) is 0 Å². The van der Waals surface area contributed by atoms with E-state index in [2.05, 4.69) is 4.90 Å². The van der Waals surface area contributed by atoms with Crippen LogP contribution in [0.15, 0.2) is 41.0 Å². The number of hydrogen-bond acceptors (Lipinski definition) is 4. The van der Waals surface area contributed by atoms with Gasteiger partial charge in [-0.1, -0.05) is 23.2 Å². The topological polar surface area (TPSA) is 57.0 Å². The Balaban J connectivity index is 1.49. The lowest BCUT2D eigenvalue weighted by Gasteiger charge is -2.35. The zero-order valence-electron chi connectivity index (χ0n) is 15.0. The highest BCUT2D eigenvalue weighted by molar-refractivity contribution is 6.35. The molecule has 144 valence electrons. The number of rotatable bonds is 5. The van der Waals surface area contributed by atoms with Crippen LogP contribution in [-0.4, -0.2) is 66.3 Å². The maximum Gasteiger partial charge on any atom is 0.254 e. The van der Waals surface area contributed by atoms with E-state index in [0.717, 1.165) is 5.76 Å². The summed E-state index contributed by atoms with van der Waals surface area (Å²) in [6, 6.07) is 8.49. The molecule has 0 saturated carbocycles. The van der Waals surface area contributed by atoms with Crippen molar-refractivity contribution in [1.82, 2.24) is 14.7 Å². The molecule has 1 saturated heterocycles. The molecule has 8 heteroatoms. The van der Waals surface area contributed by atoms with Gasteiger partial charge in [0.05, 0.1) is 19.4 Å². The lowest BCUT2D eigenvalue weighted by molar-refractivity contribution is -0.132. The molecule has 1 aliphatic rings. The van der Waals surface area contributed by atoms with E-state index in [9.17, 15) is 9.59 Å². The van der Waals surface area contributed by atoms with Gasteiger partial charge in [-0.15, -0.1) is 0 Å². The van der Waals surface area contributed by atoms with Crippen LogP contribution in [0, 0.1) is 0 Å². The van der Waals surface area contributed by atoms with Gasteiger partial charge in [0, 0.05) is 48.8 Å². The Kier molecular flexibility index (Phi) is 6.42. The quantitative estimate of drug-likeness (QED) is 0.761. The normalized spacial score (nSPS) is 15.0. The molecule has 0 N–H and O–H groups in total. The number of furan rings is 1. The molecule has 27 heavy (non-hydrogen) atoms. The van der Waals surface area contributed by atoms with E-state index in [1.165, 1.54) is 0 Å². The molecule has 0 spiro atoms. The van der Waals surface area contributed by atoms with Crippen LogP contribution in [-0.2, 0) is 11.3 Å². The van der Waals surface area contributed by atoms with E-state index in [1.807, 2.05) is 6.07 Å². The van der Waals surface area contributed by atoms with Gasteiger partial charge in [-0.2, -0.15) is 0 Å². The summed E-state index contributed by atoms with van der Waals surface area (Å²) in [6.07, 6.45) is 1.59. The Hall–Kier alpha value is -2.02. The van der Waals surface area contributed by atoms with Crippen molar-refractivity contribution in [2.24, 2.45) is 0 Å². The van der Waals surface area contributed by atoms with Crippen LogP contribution in [0.4, 0.5) is 0 Å². The van der Waals surface area contributed by atoms with Crippen molar-refractivity contribution >= 4 is 35.0 Å². The molecular weight excluding hydrogens is 389 g/mol. The first-order valence-electron chi connectivity index (χ1n) is 8.66. The maximum absolute atomic E-state index is 12.6. The van der Waals surface area contributed by atoms with Gasteiger partial charge in [-0.05, 0) is 30.3 Å². The minimum Gasteiger partial charge on any atom is -0.467 e. The number of halogens is 2. The third-order valence-electron chi connectivity index (χ3n) is 4.53. The molecule has 0 bridgehead atoms. The number of likely N-dealkylation sites (N-methyl/N-ethyl adjacent to an activating group) is 1. The van der Waals surface area contributed by atoms with Gasteiger partial charge in [-0.25, -0.2) is 0 Å². The van der Waals surface area contributed by atoms with E-state index >= 15 is 0 Å². The lowest BCUT2D eigenvalue weighted by atomic mass is 10.2. The summed E-state index contributed by atoms with van der Waals surface area (Å²) >= 11 is 12.0. The molecule has 1 aromatic carbocycles. The Morgan fingerprint density at radius 3 is 2.37 bits per heavy atom. The van der Waals surface area contributed by atoms with Gasteiger partial charge in [0.1, 0.15) is 5.76 Å².